The van der Waals surface area contributed by atoms with Crippen LogP contribution in [0.4, 0.5) is 0 Å². The van der Waals surface area contributed by atoms with Crippen LogP contribution in [0.3, 0.4) is 0 Å². The van der Waals surface area contributed by atoms with Crippen molar-refractivity contribution in [1.82, 2.24) is 0 Å². The van der Waals surface area contributed by atoms with E-state index in [1.54, 1.807) is 0 Å². The minimum absolute atomic E-state index is 0.164. The molecule has 0 aromatic rings. The number of rotatable bonds is 1. The van der Waals surface area contributed by atoms with Gasteiger partial charge in [-0.2, -0.15) is 0 Å². The molecule has 2 aliphatic heterocycles. The van der Waals surface area contributed by atoms with Crippen LogP contribution in [0.15, 0.2) is 27.3 Å². The summed E-state index contributed by atoms with van der Waals surface area (Å²) in [6, 6.07) is 0. The third-order valence-corrected chi connectivity index (χ3v) is 2.91. The van der Waals surface area contributed by atoms with Gasteiger partial charge in [0.2, 0.25) is 0 Å². The lowest BCUT2D eigenvalue weighted by atomic mass is 9.89. The van der Waals surface area contributed by atoms with Gasteiger partial charge in [0.25, 0.3) is 0 Å². The minimum Gasteiger partial charge on any atom is -0.257 e. The molecule has 0 aromatic heterocycles. The summed E-state index contributed by atoms with van der Waals surface area (Å²) in [6.07, 6.45) is 6.61. The normalized spacial score (nSPS) is 30.0. The van der Waals surface area contributed by atoms with Crippen molar-refractivity contribution in [3.8, 4) is 0 Å². The molecular weight excluding hydrogens is 174 g/mol. The van der Waals surface area contributed by atoms with Crippen molar-refractivity contribution in [3.63, 3.8) is 0 Å². The Bertz CT molecular complexity index is 361. The van der Waals surface area contributed by atoms with Crippen molar-refractivity contribution >= 4 is 17.8 Å². The molecule has 1 unspecified atom stereocenters. The standard InChI is InChI=1S/C11H15N3/c1-8(2)11(3)5-7-12-9-4-6-13-10(9)14-11/h5-8H,4H2,1-3H3. The molecule has 0 spiro atoms. The number of amidine groups is 1. The van der Waals surface area contributed by atoms with Crippen LogP contribution in [0.25, 0.3) is 0 Å². The molecule has 2 aliphatic rings. The number of nitrogens with zero attached hydrogens (tertiary/aromatic N) is 3. The van der Waals surface area contributed by atoms with Crippen molar-refractivity contribution in [3.05, 3.63) is 12.3 Å². The molecule has 74 valence electrons. The van der Waals surface area contributed by atoms with Gasteiger partial charge in [-0.25, -0.2) is 4.99 Å². The summed E-state index contributed by atoms with van der Waals surface area (Å²) in [5, 5.41) is 0. The van der Waals surface area contributed by atoms with Gasteiger partial charge in [0.1, 0.15) is 0 Å². The Morgan fingerprint density at radius 1 is 1.43 bits per heavy atom. The van der Waals surface area contributed by atoms with Crippen LogP contribution in [0, 0.1) is 5.92 Å². The van der Waals surface area contributed by atoms with Gasteiger partial charge < -0.3 is 0 Å². The van der Waals surface area contributed by atoms with E-state index in [1.807, 2.05) is 12.4 Å². The molecule has 0 aromatic carbocycles. The Kier molecular flexibility index (Phi) is 2.10. The predicted octanol–water partition coefficient (Wildman–Crippen LogP) is 2.24. The number of hydrogen-bond acceptors (Lipinski definition) is 3. The second kappa shape index (κ2) is 3.15. The maximum absolute atomic E-state index is 4.67. The van der Waals surface area contributed by atoms with Crippen molar-refractivity contribution in [2.75, 3.05) is 0 Å². The molecule has 0 saturated heterocycles. The maximum atomic E-state index is 4.67. The molecule has 3 nitrogen and oxygen atoms in total. The number of fused-ring (bicyclic) bond motifs is 1. The molecule has 0 fully saturated rings. The summed E-state index contributed by atoms with van der Waals surface area (Å²) in [5.41, 5.74) is 0.827. The predicted molar refractivity (Wildman–Crippen MR) is 60.4 cm³/mol. The molecule has 0 aliphatic carbocycles. The zero-order valence-corrected chi connectivity index (χ0v) is 8.86. The monoisotopic (exact) mass is 189 g/mol. The average molecular weight is 189 g/mol. The molecule has 2 rings (SSSR count). The Morgan fingerprint density at radius 3 is 2.93 bits per heavy atom. The molecule has 2 heterocycles. The van der Waals surface area contributed by atoms with Crippen LogP contribution in [0.1, 0.15) is 27.2 Å². The zero-order valence-electron chi connectivity index (χ0n) is 8.86. The third-order valence-electron chi connectivity index (χ3n) is 2.91. The molecule has 0 amide bonds. The largest absolute Gasteiger partial charge is 0.257 e. The van der Waals surface area contributed by atoms with Gasteiger partial charge in [0.15, 0.2) is 5.84 Å². The fraction of sp³-hybridized carbons (Fsp3) is 0.545. The molecule has 0 N–H and O–H groups in total. The summed E-state index contributed by atoms with van der Waals surface area (Å²) >= 11 is 0. The van der Waals surface area contributed by atoms with E-state index in [1.165, 1.54) is 0 Å². The topological polar surface area (TPSA) is 37.1 Å². The van der Waals surface area contributed by atoms with E-state index in [0.29, 0.717) is 5.92 Å². The Morgan fingerprint density at radius 2 is 2.21 bits per heavy atom. The molecular formula is C11H15N3. The van der Waals surface area contributed by atoms with E-state index in [0.717, 1.165) is 18.0 Å². The SMILES string of the molecule is CC(C)C1(C)C=CN=C2CC=NC2=N1. The van der Waals surface area contributed by atoms with Gasteiger partial charge in [0, 0.05) is 18.8 Å². The molecule has 1 atom stereocenters. The minimum atomic E-state index is -0.164. The van der Waals surface area contributed by atoms with E-state index in [4.69, 9.17) is 0 Å². The van der Waals surface area contributed by atoms with Crippen LogP contribution in [0.5, 0.6) is 0 Å². The van der Waals surface area contributed by atoms with E-state index >= 15 is 0 Å². The quantitative estimate of drug-likeness (QED) is 0.606. The van der Waals surface area contributed by atoms with E-state index in [-0.39, 0.29) is 5.54 Å². The molecule has 0 radical (unpaired) electrons. The van der Waals surface area contributed by atoms with Crippen molar-refractivity contribution < 1.29 is 0 Å². The highest BCUT2D eigenvalue weighted by Crippen LogP contribution is 2.26. The number of aliphatic imine (C=N–C) groups is 3. The highest BCUT2D eigenvalue weighted by molar-refractivity contribution is 6.48. The van der Waals surface area contributed by atoms with E-state index < -0.39 is 0 Å². The molecule has 0 bridgehead atoms. The van der Waals surface area contributed by atoms with Crippen molar-refractivity contribution in [2.24, 2.45) is 20.9 Å². The lowest BCUT2D eigenvalue weighted by Gasteiger charge is -2.25. The van der Waals surface area contributed by atoms with Gasteiger partial charge in [-0.3, -0.25) is 9.98 Å². The lowest BCUT2D eigenvalue weighted by Crippen LogP contribution is -2.27. The van der Waals surface area contributed by atoms with Crippen LogP contribution in [-0.4, -0.2) is 23.3 Å². The van der Waals surface area contributed by atoms with Crippen LogP contribution >= 0.6 is 0 Å². The van der Waals surface area contributed by atoms with E-state index in [2.05, 4.69) is 41.8 Å². The zero-order chi connectivity index (χ0) is 10.2. The first kappa shape index (κ1) is 9.31. The Hall–Kier alpha value is -1.25. The van der Waals surface area contributed by atoms with Crippen LogP contribution in [-0.2, 0) is 0 Å². The smallest absolute Gasteiger partial charge is 0.170 e. The molecule has 0 saturated carbocycles. The first-order valence-electron chi connectivity index (χ1n) is 4.99. The Balaban J connectivity index is 2.42. The van der Waals surface area contributed by atoms with Gasteiger partial charge in [0.05, 0.1) is 11.3 Å². The second-order valence-corrected chi connectivity index (χ2v) is 4.22. The lowest BCUT2D eigenvalue weighted by molar-refractivity contribution is 0.423. The van der Waals surface area contributed by atoms with Crippen molar-refractivity contribution in [2.45, 2.75) is 32.7 Å². The summed E-state index contributed by atoms with van der Waals surface area (Å²) < 4.78 is 0. The fourth-order valence-electron chi connectivity index (χ4n) is 1.45. The molecule has 3 heteroatoms. The fourth-order valence-corrected chi connectivity index (χ4v) is 1.45. The Labute approximate surface area is 84.4 Å². The van der Waals surface area contributed by atoms with Gasteiger partial charge in [-0.05, 0) is 18.9 Å². The van der Waals surface area contributed by atoms with Crippen LogP contribution < -0.4 is 0 Å². The van der Waals surface area contributed by atoms with Crippen LogP contribution in [0.2, 0.25) is 0 Å². The molecule has 14 heavy (non-hydrogen) atoms. The number of hydrogen-bond donors (Lipinski definition) is 0. The first-order chi connectivity index (χ1) is 6.62. The highest BCUT2D eigenvalue weighted by atomic mass is 15.0. The van der Waals surface area contributed by atoms with Gasteiger partial charge in [-0.1, -0.05) is 13.8 Å². The summed E-state index contributed by atoms with van der Waals surface area (Å²) in [7, 11) is 0. The second-order valence-electron chi connectivity index (χ2n) is 4.22. The summed E-state index contributed by atoms with van der Waals surface area (Å²) in [5.74, 6) is 1.27. The van der Waals surface area contributed by atoms with Gasteiger partial charge >= 0.3 is 0 Å². The van der Waals surface area contributed by atoms with Crippen molar-refractivity contribution in [1.29, 1.82) is 0 Å². The van der Waals surface area contributed by atoms with E-state index in [9.17, 15) is 0 Å². The summed E-state index contributed by atoms with van der Waals surface area (Å²) in [6.45, 7) is 6.45. The van der Waals surface area contributed by atoms with Gasteiger partial charge in [-0.15, -0.1) is 0 Å². The summed E-state index contributed by atoms with van der Waals surface area (Å²) in [4.78, 5) is 13.3. The first-order valence-corrected chi connectivity index (χ1v) is 4.99. The average Bonchev–Trinajstić information content (AvgIpc) is 2.46. The third kappa shape index (κ3) is 1.43. The highest BCUT2D eigenvalue weighted by Gasteiger charge is 2.28. The maximum Gasteiger partial charge on any atom is 0.170 e.